The van der Waals surface area contributed by atoms with Crippen molar-refractivity contribution in [3.63, 3.8) is 0 Å². The van der Waals surface area contributed by atoms with Crippen LogP contribution >= 0.6 is 11.6 Å². The van der Waals surface area contributed by atoms with E-state index in [1.165, 1.54) is 0 Å². The van der Waals surface area contributed by atoms with Gasteiger partial charge in [0.2, 0.25) is 0 Å². The molecule has 3 nitrogen and oxygen atoms in total. The zero-order valence-electron chi connectivity index (χ0n) is 11.8. The van der Waals surface area contributed by atoms with E-state index >= 15 is 0 Å². The molecule has 2 aromatic carbocycles. The van der Waals surface area contributed by atoms with Gasteiger partial charge in [0.05, 0.1) is 18.2 Å². The first-order valence-electron chi connectivity index (χ1n) is 6.67. The molecule has 0 aliphatic rings. The summed E-state index contributed by atoms with van der Waals surface area (Å²) in [6, 6.07) is 17.6. The lowest BCUT2D eigenvalue weighted by molar-refractivity contribution is 0.905. The number of aliphatic imine (C=N–C) groups is 1. The van der Waals surface area contributed by atoms with Crippen LogP contribution in [0, 0.1) is 11.3 Å². The molecule has 0 aromatic heterocycles. The van der Waals surface area contributed by atoms with Crippen LogP contribution in [0.5, 0.6) is 0 Å². The Labute approximate surface area is 130 Å². The van der Waals surface area contributed by atoms with E-state index in [-0.39, 0.29) is 0 Å². The Balaban J connectivity index is 2.02. The molecule has 2 aromatic rings. The van der Waals surface area contributed by atoms with Gasteiger partial charge in [0, 0.05) is 30.5 Å². The molecule has 0 aliphatic heterocycles. The summed E-state index contributed by atoms with van der Waals surface area (Å²) in [6.45, 7) is 0.731. The van der Waals surface area contributed by atoms with Gasteiger partial charge in [-0.25, -0.2) is 0 Å². The topological polar surface area (TPSA) is 39.4 Å². The Hall–Kier alpha value is -2.31. The highest BCUT2D eigenvalue weighted by Gasteiger charge is 1.99. The van der Waals surface area contributed by atoms with Crippen LogP contribution in [0.25, 0.3) is 0 Å². The fraction of sp³-hybridized carbons (Fsp3) is 0.176. The summed E-state index contributed by atoms with van der Waals surface area (Å²) < 4.78 is 0. The predicted octanol–water partition coefficient (Wildman–Crippen LogP) is 4.44. The summed E-state index contributed by atoms with van der Waals surface area (Å²) in [7, 11) is 1.98. The Morgan fingerprint density at radius 3 is 2.43 bits per heavy atom. The second-order valence-electron chi connectivity index (χ2n) is 4.66. The number of hydrogen-bond donors (Lipinski definition) is 0. The molecule has 0 heterocycles. The van der Waals surface area contributed by atoms with E-state index in [1.807, 2.05) is 61.8 Å². The average molecular weight is 298 g/mol. The van der Waals surface area contributed by atoms with Crippen LogP contribution < -0.4 is 4.90 Å². The van der Waals surface area contributed by atoms with Crippen molar-refractivity contribution >= 4 is 29.2 Å². The van der Waals surface area contributed by atoms with Gasteiger partial charge in [-0.05, 0) is 42.0 Å². The fourth-order valence-corrected chi connectivity index (χ4v) is 1.96. The van der Waals surface area contributed by atoms with Crippen LogP contribution in [0.1, 0.15) is 12.0 Å². The molecule has 0 saturated heterocycles. The summed E-state index contributed by atoms with van der Waals surface area (Å²) in [5, 5.41) is 9.31. The highest BCUT2D eigenvalue weighted by Crippen LogP contribution is 2.17. The van der Waals surface area contributed by atoms with Gasteiger partial charge >= 0.3 is 0 Å². The SMILES string of the molecule is CN(CCC#N)c1ccc(C=Nc2ccc(Cl)cc2)cc1. The normalized spacial score (nSPS) is 10.5. The summed E-state index contributed by atoms with van der Waals surface area (Å²) >= 11 is 5.84. The second-order valence-corrected chi connectivity index (χ2v) is 5.09. The Kier molecular flexibility index (Phi) is 5.36. The molecule has 0 fully saturated rings. The maximum Gasteiger partial charge on any atom is 0.0640 e. The van der Waals surface area contributed by atoms with Crippen LogP contribution in [0.4, 0.5) is 11.4 Å². The second kappa shape index (κ2) is 7.47. The van der Waals surface area contributed by atoms with Crippen molar-refractivity contribution in [3.8, 4) is 6.07 Å². The maximum atomic E-state index is 8.60. The minimum absolute atomic E-state index is 0.524. The van der Waals surface area contributed by atoms with E-state index in [2.05, 4.69) is 16.0 Å². The zero-order chi connectivity index (χ0) is 15.1. The van der Waals surface area contributed by atoms with Gasteiger partial charge in [-0.1, -0.05) is 23.7 Å². The quantitative estimate of drug-likeness (QED) is 0.765. The summed E-state index contributed by atoms with van der Waals surface area (Å²) in [4.78, 5) is 6.46. The first-order chi connectivity index (χ1) is 10.2. The third-order valence-corrected chi connectivity index (χ3v) is 3.33. The number of nitrogens with zero attached hydrogens (tertiary/aromatic N) is 3. The van der Waals surface area contributed by atoms with Gasteiger partial charge in [-0.2, -0.15) is 5.26 Å². The summed E-state index contributed by atoms with van der Waals surface area (Å²) in [5.41, 5.74) is 2.99. The first-order valence-corrected chi connectivity index (χ1v) is 7.04. The van der Waals surface area contributed by atoms with E-state index in [0.29, 0.717) is 11.4 Å². The molecule has 0 bridgehead atoms. The zero-order valence-corrected chi connectivity index (χ0v) is 12.6. The predicted molar refractivity (Wildman–Crippen MR) is 88.6 cm³/mol. The van der Waals surface area contributed by atoms with E-state index < -0.39 is 0 Å². The first kappa shape index (κ1) is 15.1. The fourth-order valence-electron chi connectivity index (χ4n) is 1.84. The van der Waals surface area contributed by atoms with Crippen molar-refractivity contribution in [2.45, 2.75) is 6.42 Å². The average Bonchev–Trinajstić information content (AvgIpc) is 2.52. The molecule has 0 saturated carbocycles. The number of anilines is 1. The summed E-state index contributed by atoms with van der Waals surface area (Å²) in [6.07, 6.45) is 2.35. The lowest BCUT2D eigenvalue weighted by Gasteiger charge is -2.17. The van der Waals surface area contributed by atoms with Crippen molar-refractivity contribution in [3.05, 3.63) is 59.1 Å². The largest absolute Gasteiger partial charge is 0.374 e. The third-order valence-electron chi connectivity index (χ3n) is 3.08. The van der Waals surface area contributed by atoms with Gasteiger partial charge in [0.25, 0.3) is 0 Å². The molecule has 0 N–H and O–H groups in total. The Morgan fingerprint density at radius 1 is 1.14 bits per heavy atom. The van der Waals surface area contributed by atoms with Crippen molar-refractivity contribution < 1.29 is 0 Å². The van der Waals surface area contributed by atoms with Gasteiger partial charge in [0.1, 0.15) is 0 Å². The lowest BCUT2D eigenvalue weighted by atomic mass is 10.2. The number of hydrogen-bond acceptors (Lipinski definition) is 3. The van der Waals surface area contributed by atoms with E-state index in [0.717, 1.165) is 23.5 Å². The number of nitriles is 1. The number of halogens is 1. The number of rotatable bonds is 5. The van der Waals surface area contributed by atoms with Crippen molar-refractivity contribution in [2.75, 3.05) is 18.5 Å². The highest BCUT2D eigenvalue weighted by molar-refractivity contribution is 6.30. The van der Waals surface area contributed by atoms with E-state index in [4.69, 9.17) is 16.9 Å². The molecule has 0 aliphatic carbocycles. The molecule has 0 atom stereocenters. The van der Waals surface area contributed by atoms with E-state index in [9.17, 15) is 0 Å². The minimum Gasteiger partial charge on any atom is -0.374 e. The maximum absolute atomic E-state index is 8.60. The molecule has 21 heavy (non-hydrogen) atoms. The van der Waals surface area contributed by atoms with Crippen molar-refractivity contribution in [1.29, 1.82) is 5.26 Å². The third kappa shape index (κ3) is 4.62. The molecule has 0 amide bonds. The molecule has 0 radical (unpaired) electrons. The molecule has 0 spiro atoms. The molecule has 106 valence electrons. The smallest absolute Gasteiger partial charge is 0.0640 e. The van der Waals surface area contributed by atoms with Crippen LogP contribution in [0.3, 0.4) is 0 Å². The van der Waals surface area contributed by atoms with Crippen LogP contribution in [0.2, 0.25) is 5.02 Å². The monoisotopic (exact) mass is 297 g/mol. The molecule has 0 unspecified atom stereocenters. The standard InChI is InChI=1S/C17H16ClN3/c1-21(12-2-11-19)17-9-3-14(4-10-17)13-20-16-7-5-15(18)6-8-16/h3-10,13H,2,12H2,1H3. The van der Waals surface area contributed by atoms with Gasteiger partial charge < -0.3 is 4.90 Å². The van der Waals surface area contributed by atoms with Crippen LogP contribution in [-0.2, 0) is 0 Å². The Morgan fingerprint density at radius 2 is 1.81 bits per heavy atom. The molecular weight excluding hydrogens is 282 g/mol. The van der Waals surface area contributed by atoms with Gasteiger partial charge in [-0.15, -0.1) is 0 Å². The summed E-state index contributed by atoms with van der Waals surface area (Å²) in [5.74, 6) is 0. The van der Waals surface area contributed by atoms with Crippen molar-refractivity contribution in [1.82, 2.24) is 0 Å². The lowest BCUT2D eigenvalue weighted by Crippen LogP contribution is -2.17. The van der Waals surface area contributed by atoms with Crippen molar-refractivity contribution in [2.24, 2.45) is 4.99 Å². The van der Waals surface area contributed by atoms with Crippen LogP contribution in [0.15, 0.2) is 53.5 Å². The minimum atomic E-state index is 0.524. The van der Waals surface area contributed by atoms with Gasteiger partial charge in [-0.3, -0.25) is 4.99 Å². The molecule has 2 rings (SSSR count). The Bertz CT molecular complexity index is 639. The van der Waals surface area contributed by atoms with Crippen LogP contribution in [-0.4, -0.2) is 19.8 Å². The van der Waals surface area contributed by atoms with Gasteiger partial charge in [0.15, 0.2) is 0 Å². The molecular formula is C17H16ClN3. The molecule has 4 heteroatoms. The van der Waals surface area contributed by atoms with E-state index in [1.54, 1.807) is 0 Å². The highest BCUT2D eigenvalue weighted by atomic mass is 35.5. The number of benzene rings is 2.